The van der Waals surface area contributed by atoms with Crippen LogP contribution in [-0.4, -0.2) is 4.98 Å². The Bertz CT molecular complexity index is 983. The summed E-state index contributed by atoms with van der Waals surface area (Å²) in [4.78, 5) is 4.17. The first-order valence-electron chi connectivity index (χ1n) is 6.72. The normalized spacial score (nSPS) is 12.4. The lowest BCUT2D eigenvalue weighted by Crippen LogP contribution is -2.03. The Morgan fingerprint density at radius 1 is 1.21 bits per heavy atom. The van der Waals surface area contributed by atoms with Gasteiger partial charge in [0.25, 0.3) is 0 Å². The van der Waals surface area contributed by atoms with E-state index in [-0.39, 0.29) is 11.1 Å². The van der Waals surface area contributed by atoms with Gasteiger partial charge in [-0.15, -0.1) is 11.3 Å². The molecule has 0 radical (unpaired) electrons. The number of benzene rings is 2. The minimum atomic E-state index is -4.42. The summed E-state index contributed by atoms with van der Waals surface area (Å²) in [5.74, 6) is 0. The molecule has 3 aromatic rings. The zero-order chi connectivity index (χ0) is 17.3. The molecule has 1 aromatic heterocycles. The minimum Gasteiger partial charge on any atom is -0.235 e. The number of allylic oxidation sites excluding steroid dienone is 1. The molecule has 0 N–H and O–H groups in total. The van der Waals surface area contributed by atoms with E-state index in [4.69, 9.17) is 11.6 Å². The highest BCUT2D eigenvalue weighted by molar-refractivity contribution is 7.19. The predicted octanol–water partition coefficient (Wildman–Crippen LogP) is 6.03. The van der Waals surface area contributed by atoms with Crippen molar-refractivity contribution in [2.45, 2.75) is 6.18 Å². The standard InChI is InChI=1S/C17H8ClF3N2S/c18-13-3-1-2-10(7-13)6-11(9-22)16-23-14-8-12(17(19,20)21)4-5-15(14)24-16/h1-8H/b11-6+. The highest BCUT2D eigenvalue weighted by atomic mass is 35.5. The van der Waals surface area contributed by atoms with Crippen LogP contribution in [0.2, 0.25) is 5.02 Å². The smallest absolute Gasteiger partial charge is 0.235 e. The number of alkyl halides is 3. The van der Waals surface area contributed by atoms with Crippen LogP contribution in [0.15, 0.2) is 42.5 Å². The van der Waals surface area contributed by atoms with Crippen LogP contribution in [0.25, 0.3) is 21.9 Å². The summed E-state index contributed by atoms with van der Waals surface area (Å²) in [6.07, 6.45) is -2.82. The van der Waals surface area contributed by atoms with Crippen molar-refractivity contribution in [1.82, 2.24) is 4.98 Å². The molecular weight excluding hydrogens is 357 g/mol. The Hall–Kier alpha value is -2.36. The van der Waals surface area contributed by atoms with E-state index in [9.17, 15) is 18.4 Å². The van der Waals surface area contributed by atoms with Gasteiger partial charge < -0.3 is 0 Å². The molecule has 0 aliphatic heterocycles. The molecule has 0 saturated heterocycles. The van der Waals surface area contributed by atoms with Crippen molar-refractivity contribution in [3.8, 4) is 6.07 Å². The molecule has 0 bridgehead atoms. The maximum atomic E-state index is 12.8. The van der Waals surface area contributed by atoms with E-state index < -0.39 is 11.7 Å². The molecule has 3 rings (SSSR count). The maximum Gasteiger partial charge on any atom is 0.416 e. The van der Waals surface area contributed by atoms with Crippen molar-refractivity contribution >= 4 is 44.8 Å². The molecule has 0 spiro atoms. The van der Waals surface area contributed by atoms with Crippen LogP contribution in [0, 0.1) is 11.3 Å². The van der Waals surface area contributed by atoms with Gasteiger partial charge in [-0.1, -0.05) is 23.7 Å². The van der Waals surface area contributed by atoms with Gasteiger partial charge in [-0.25, -0.2) is 4.98 Å². The van der Waals surface area contributed by atoms with Crippen LogP contribution in [0.4, 0.5) is 13.2 Å². The molecule has 120 valence electrons. The summed E-state index contributed by atoms with van der Waals surface area (Å²) >= 11 is 7.08. The molecule has 0 unspecified atom stereocenters. The number of halogens is 4. The Morgan fingerprint density at radius 2 is 2.00 bits per heavy atom. The highest BCUT2D eigenvalue weighted by Crippen LogP contribution is 2.34. The number of rotatable bonds is 2. The quantitative estimate of drug-likeness (QED) is 0.520. The second-order valence-electron chi connectivity index (χ2n) is 4.92. The van der Waals surface area contributed by atoms with E-state index in [0.717, 1.165) is 12.1 Å². The largest absolute Gasteiger partial charge is 0.416 e. The van der Waals surface area contributed by atoms with Gasteiger partial charge in [0.1, 0.15) is 11.1 Å². The molecule has 0 fully saturated rings. The summed E-state index contributed by atoms with van der Waals surface area (Å²) in [6.45, 7) is 0. The van der Waals surface area contributed by atoms with Gasteiger partial charge in [0.15, 0.2) is 0 Å². The van der Waals surface area contributed by atoms with Crippen molar-refractivity contribution in [2.24, 2.45) is 0 Å². The first-order valence-corrected chi connectivity index (χ1v) is 7.92. The van der Waals surface area contributed by atoms with Gasteiger partial charge in [-0.05, 0) is 42.0 Å². The number of aromatic nitrogens is 1. The average Bonchev–Trinajstić information content (AvgIpc) is 2.94. The van der Waals surface area contributed by atoms with E-state index in [1.54, 1.807) is 30.3 Å². The summed E-state index contributed by atoms with van der Waals surface area (Å²) in [5, 5.41) is 10.2. The zero-order valence-corrected chi connectivity index (χ0v) is 13.5. The summed E-state index contributed by atoms with van der Waals surface area (Å²) < 4.78 is 38.9. The average molecular weight is 365 g/mol. The monoisotopic (exact) mass is 364 g/mol. The molecule has 0 atom stereocenters. The van der Waals surface area contributed by atoms with E-state index in [0.29, 0.717) is 20.3 Å². The predicted molar refractivity (Wildman–Crippen MR) is 89.6 cm³/mol. The maximum absolute atomic E-state index is 12.8. The van der Waals surface area contributed by atoms with Crippen molar-refractivity contribution in [3.63, 3.8) is 0 Å². The van der Waals surface area contributed by atoms with Crippen LogP contribution in [-0.2, 0) is 6.18 Å². The van der Waals surface area contributed by atoms with Gasteiger partial charge in [0.2, 0.25) is 0 Å². The first-order chi connectivity index (χ1) is 11.4. The molecule has 2 aromatic carbocycles. The van der Waals surface area contributed by atoms with Crippen LogP contribution in [0.5, 0.6) is 0 Å². The second kappa shape index (κ2) is 6.27. The minimum absolute atomic E-state index is 0.220. The highest BCUT2D eigenvalue weighted by Gasteiger charge is 2.30. The number of fused-ring (bicyclic) bond motifs is 1. The molecule has 2 nitrogen and oxygen atoms in total. The van der Waals surface area contributed by atoms with Crippen LogP contribution in [0.1, 0.15) is 16.1 Å². The molecule has 1 heterocycles. The fourth-order valence-corrected chi connectivity index (χ4v) is 3.23. The molecule has 0 aliphatic carbocycles. The number of nitriles is 1. The van der Waals surface area contributed by atoms with Crippen LogP contribution in [0.3, 0.4) is 0 Å². The van der Waals surface area contributed by atoms with E-state index in [1.807, 2.05) is 6.07 Å². The van der Waals surface area contributed by atoms with Gasteiger partial charge >= 0.3 is 6.18 Å². The van der Waals surface area contributed by atoms with Gasteiger partial charge in [0.05, 0.1) is 21.4 Å². The third-order valence-corrected chi connectivity index (χ3v) is 4.53. The SMILES string of the molecule is N#C/C(=C\c1cccc(Cl)c1)c1nc2cc(C(F)(F)F)ccc2s1. The Kier molecular flexibility index (Phi) is 4.31. The molecular formula is C17H8ClF3N2S. The fraction of sp³-hybridized carbons (Fsp3) is 0.0588. The zero-order valence-electron chi connectivity index (χ0n) is 11.9. The Balaban J connectivity index is 2.06. The molecule has 0 aliphatic rings. The molecule has 0 saturated carbocycles. The molecule has 24 heavy (non-hydrogen) atoms. The van der Waals surface area contributed by atoms with E-state index in [2.05, 4.69) is 4.98 Å². The fourth-order valence-electron chi connectivity index (χ4n) is 2.12. The number of hydrogen-bond acceptors (Lipinski definition) is 3. The van der Waals surface area contributed by atoms with E-state index >= 15 is 0 Å². The summed E-state index contributed by atoms with van der Waals surface area (Å²) in [5.41, 5.74) is 0.447. The molecule has 0 amide bonds. The van der Waals surface area contributed by atoms with Gasteiger partial charge in [-0.2, -0.15) is 18.4 Å². The van der Waals surface area contributed by atoms with Crippen LogP contribution < -0.4 is 0 Å². The number of hydrogen-bond donors (Lipinski definition) is 0. The van der Waals surface area contributed by atoms with E-state index in [1.165, 1.54) is 17.4 Å². The third-order valence-electron chi connectivity index (χ3n) is 3.23. The topological polar surface area (TPSA) is 36.7 Å². The summed E-state index contributed by atoms with van der Waals surface area (Å²) in [6, 6.07) is 12.3. The van der Waals surface area contributed by atoms with Gasteiger partial charge in [0, 0.05) is 5.02 Å². The van der Waals surface area contributed by atoms with Crippen LogP contribution >= 0.6 is 22.9 Å². The molecule has 7 heteroatoms. The lowest BCUT2D eigenvalue weighted by molar-refractivity contribution is -0.137. The Morgan fingerprint density at radius 3 is 2.67 bits per heavy atom. The van der Waals surface area contributed by atoms with Gasteiger partial charge in [-0.3, -0.25) is 0 Å². The second-order valence-corrected chi connectivity index (χ2v) is 6.39. The number of thiazole rings is 1. The van der Waals surface area contributed by atoms with Crippen molar-refractivity contribution < 1.29 is 13.2 Å². The Labute approximate surface area is 144 Å². The first kappa shape index (κ1) is 16.5. The summed E-state index contributed by atoms with van der Waals surface area (Å²) in [7, 11) is 0. The lowest BCUT2D eigenvalue weighted by Gasteiger charge is -2.04. The third kappa shape index (κ3) is 3.42. The van der Waals surface area contributed by atoms with Crippen molar-refractivity contribution in [3.05, 3.63) is 63.6 Å². The van der Waals surface area contributed by atoms with Crippen molar-refractivity contribution in [1.29, 1.82) is 5.26 Å². The van der Waals surface area contributed by atoms with Crippen molar-refractivity contribution in [2.75, 3.05) is 0 Å². The lowest BCUT2D eigenvalue weighted by atomic mass is 10.1. The number of nitrogens with zero attached hydrogens (tertiary/aromatic N) is 2.